The molecule has 0 amide bonds. The molecule has 1 atom stereocenters. The maximum absolute atomic E-state index is 9.91. The van der Waals surface area contributed by atoms with Crippen molar-refractivity contribution in [3.63, 3.8) is 0 Å². The van der Waals surface area contributed by atoms with Crippen LogP contribution in [0.25, 0.3) is 11.1 Å². The maximum atomic E-state index is 9.91. The van der Waals surface area contributed by atoms with Gasteiger partial charge in [0.15, 0.2) is 0 Å². The Bertz CT molecular complexity index is 790. The molecule has 1 aliphatic carbocycles. The van der Waals surface area contributed by atoms with Crippen molar-refractivity contribution in [2.24, 2.45) is 0 Å². The van der Waals surface area contributed by atoms with Crippen molar-refractivity contribution in [3.05, 3.63) is 47.2 Å². The first kappa shape index (κ1) is 16.1. The van der Waals surface area contributed by atoms with Gasteiger partial charge >= 0.3 is 0 Å². The third kappa shape index (κ3) is 3.25. The summed E-state index contributed by atoms with van der Waals surface area (Å²) in [4.78, 5) is 4.79. The molecule has 0 saturated carbocycles. The van der Waals surface area contributed by atoms with Crippen LogP contribution < -0.4 is 4.74 Å². The molecule has 1 aromatic carbocycles. The van der Waals surface area contributed by atoms with E-state index >= 15 is 0 Å². The molecule has 0 spiro atoms. The quantitative estimate of drug-likeness (QED) is 0.794. The van der Waals surface area contributed by atoms with E-state index in [0.29, 0.717) is 24.7 Å². The normalized spacial score (nSPS) is 19.7. The number of hydrogen-bond acceptors (Lipinski definition) is 4. The summed E-state index contributed by atoms with van der Waals surface area (Å²) in [5.74, 6) is 0.484. The predicted molar refractivity (Wildman–Crippen MR) is 95.5 cm³/mol. The second-order valence-corrected chi connectivity index (χ2v) is 6.73. The van der Waals surface area contributed by atoms with E-state index in [9.17, 15) is 5.26 Å². The molecule has 25 heavy (non-hydrogen) atoms. The number of nitriles is 1. The lowest BCUT2D eigenvalue weighted by molar-refractivity contribution is 0.137. The van der Waals surface area contributed by atoms with Crippen molar-refractivity contribution in [2.75, 3.05) is 13.2 Å². The molecule has 1 saturated heterocycles. The van der Waals surface area contributed by atoms with Crippen molar-refractivity contribution in [1.82, 2.24) is 4.98 Å². The van der Waals surface area contributed by atoms with E-state index in [1.54, 1.807) is 0 Å². The summed E-state index contributed by atoms with van der Waals surface area (Å²) in [6.07, 6.45) is 6.28. The minimum atomic E-state index is -0.00736. The highest BCUT2D eigenvalue weighted by Gasteiger charge is 2.26. The highest BCUT2D eigenvalue weighted by molar-refractivity contribution is 5.77. The van der Waals surface area contributed by atoms with Crippen LogP contribution in [0.5, 0.6) is 5.88 Å². The third-order valence-electron chi connectivity index (χ3n) is 5.03. The average molecular weight is 334 g/mol. The monoisotopic (exact) mass is 334 g/mol. The Hall–Kier alpha value is -2.38. The molecule has 128 valence electrons. The largest absolute Gasteiger partial charge is 0.471 e. The maximum Gasteiger partial charge on any atom is 0.232 e. The SMILES string of the molecule is N#Cc1c(OC2CCOC2)nc2c(c1-c1ccccc1)CCCCC2. The molecular formula is C21H22N2O2. The van der Waals surface area contributed by atoms with E-state index in [1.807, 2.05) is 18.2 Å². The smallest absolute Gasteiger partial charge is 0.232 e. The Morgan fingerprint density at radius 3 is 2.72 bits per heavy atom. The molecule has 0 N–H and O–H groups in total. The van der Waals surface area contributed by atoms with Crippen LogP contribution in [0, 0.1) is 11.3 Å². The molecule has 1 aromatic heterocycles. The fourth-order valence-electron chi connectivity index (χ4n) is 3.77. The van der Waals surface area contributed by atoms with E-state index in [-0.39, 0.29) is 6.10 Å². The highest BCUT2D eigenvalue weighted by Crippen LogP contribution is 2.37. The molecule has 0 radical (unpaired) electrons. The third-order valence-corrected chi connectivity index (χ3v) is 5.03. The van der Waals surface area contributed by atoms with Gasteiger partial charge in [-0.15, -0.1) is 0 Å². The van der Waals surface area contributed by atoms with Crippen LogP contribution in [0.15, 0.2) is 30.3 Å². The van der Waals surface area contributed by atoms with Crippen molar-refractivity contribution >= 4 is 0 Å². The van der Waals surface area contributed by atoms with Crippen LogP contribution in [0.4, 0.5) is 0 Å². The van der Waals surface area contributed by atoms with Crippen molar-refractivity contribution in [3.8, 4) is 23.1 Å². The van der Waals surface area contributed by atoms with Crippen molar-refractivity contribution in [2.45, 2.75) is 44.6 Å². The molecule has 2 aliphatic rings. The Balaban J connectivity index is 1.88. The van der Waals surface area contributed by atoms with Gasteiger partial charge in [-0.3, -0.25) is 0 Å². The number of ether oxygens (including phenoxy) is 2. The lowest BCUT2D eigenvalue weighted by atomic mass is 9.92. The van der Waals surface area contributed by atoms with Gasteiger partial charge in [-0.25, -0.2) is 4.98 Å². The standard InChI is InChI=1S/C21H22N2O2/c22-13-18-20(15-7-3-1-4-8-15)17-9-5-2-6-10-19(17)23-21(18)25-16-11-12-24-14-16/h1,3-4,7-8,16H,2,5-6,9-12,14H2. The zero-order valence-electron chi connectivity index (χ0n) is 14.3. The number of aryl methyl sites for hydroxylation is 1. The zero-order chi connectivity index (χ0) is 17.1. The number of benzene rings is 1. The van der Waals surface area contributed by atoms with Crippen LogP contribution in [0.3, 0.4) is 0 Å². The number of rotatable bonds is 3. The Morgan fingerprint density at radius 2 is 1.96 bits per heavy atom. The first-order valence-corrected chi connectivity index (χ1v) is 9.12. The lowest BCUT2D eigenvalue weighted by Gasteiger charge is -2.19. The van der Waals surface area contributed by atoms with Crippen LogP contribution in [-0.2, 0) is 17.6 Å². The highest BCUT2D eigenvalue weighted by atomic mass is 16.5. The number of hydrogen-bond donors (Lipinski definition) is 0. The van der Waals surface area contributed by atoms with Crippen LogP contribution in [0.2, 0.25) is 0 Å². The molecule has 0 bridgehead atoms. The minimum Gasteiger partial charge on any atom is -0.471 e. The number of pyridine rings is 1. The predicted octanol–water partition coefficient (Wildman–Crippen LogP) is 4.06. The fourth-order valence-corrected chi connectivity index (χ4v) is 3.77. The Kier molecular flexibility index (Phi) is 4.67. The summed E-state index contributed by atoms with van der Waals surface area (Å²) in [7, 11) is 0. The van der Waals surface area contributed by atoms with Gasteiger partial charge in [0.05, 0.1) is 13.2 Å². The van der Waals surface area contributed by atoms with Crippen LogP contribution >= 0.6 is 0 Å². The zero-order valence-corrected chi connectivity index (χ0v) is 14.3. The van der Waals surface area contributed by atoms with Gasteiger partial charge in [0.25, 0.3) is 0 Å². The topological polar surface area (TPSA) is 55.1 Å². The van der Waals surface area contributed by atoms with Crippen LogP contribution in [-0.4, -0.2) is 24.3 Å². The number of aromatic nitrogens is 1. The molecule has 4 heteroatoms. The lowest BCUT2D eigenvalue weighted by Crippen LogP contribution is -2.18. The van der Waals surface area contributed by atoms with E-state index < -0.39 is 0 Å². The summed E-state index contributed by atoms with van der Waals surface area (Å²) in [5.41, 5.74) is 4.99. The van der Waals surface area contributed by atoms with Gasteiger partial charge in [-0.1, -0.05) is 36.8 Å². The van der Waals surface area contributed by atoms with E-state index in [1.165, 1.54) is 12.0 Å². The van der Waals surface area contributed by atoms with Crippen LogP contribution in [0.1, 0.15) is 42.5 Å². The summed E-state index contributed by atoms with van der Waals surface area (Å²) in [5, 5.41) is 9.91. The minimum absolute atomic E-state index is 0.00736. The summed E-state index contributed by atoms with van der Waals surface area (Å²) in [6, 6.07) is 12.6. The average Bonchev–Trinajstić information content (AvgIpc) is 3.05. The molecule has 1 aliphatic heterocycles. The second kappa shape index (κ2) is 7.25. The Labute approximate surface area is 148 Å². The fraction of sp³-hybridized carbons (Fsp3) is 0.429. The molecular weight excluding hydrogens is 312 g/mol. The number of nitrogens with zero attached hydrogens (tertiary/aromatic N) is 2. The summed E-state index contributed by atoms with van der Waals surface area (Å²) in [6.45, 7) is 1.29. The second-order valence-electron chi connectivity index (χ2n) is 6.73. The molecule has 2 aromatic rings. The molecule has 2 heterocycles. The van der Waals surface area contributed by atoms with Gasteiger partial charge in [0.2, 0.25) is 5.88 Å². The van der Waals surface area contributed by atoms with Gasteiger partial charge in [-0.05, 0) is 36.8 Å². The van der Waals surface area contributed by atoms with Gasteiger partial charge < -0.3 is 9.47 Å². The first-order valence-electron chi connectivity index (χ1n) is 9.12. The number of fused-ring (bicyclic) bond motifs is 1. The summed E-state index contributed by atoms with van der Waals surface area (Å²) >= 11 is 0. The summed E-state index contributed by atoms with van der Waals surface area (Å²) < 4.78 is 11.5. The van der Waals surface area contributed by atoms with E-state index in [2.05, 4.69) is 18.2 Å². The van der Waals surface area contributed by atoms with Gasteiger partial charge in [-0.2, -0.15) is 5.26 Å². The first-order chi connectivity index (χ1) is 12.4. The molecule has 4 nitrogen and oxygen atoms in total. The van der Waals surface area contributed by atoms with Gasteiger partial charge in [0, 0.05) is 17.7 Å². The molecule has 1 fully saturated rings. The van der Waals surface area contributed by atoms with Crippen molar-refractivity contribution in [1.29, 1.82) is 5.26 Å². The van der Waals surface area contributed by atoms with E-state index in [0.717, 1.165) is 48.9 Å². The van der Waals surface area contributed by atoms with Crippen molar-refractivity contribution < 1.29 is 9.47 Å². The Morgan fingerprint density at radius 1 is 1.12 bits per heavy atom. The molecule has 1 unspecified atom stereocenters. The molecule has 4 rings (SSSR count). The van der Waals surface area contributed by atoms with Gasteiger partial charge in [0.1, 0.15) is 17.7 Å². The van der Waals surface area contributed by atoms with E-state index in [4.69, 9.17) is 14.5 Å².